The van der Waals surface area contributed by atoms with Crippen molar-refractivity contribution in [1.29, 1.82) is 0 Å². The number of amides is 1. The van der Waals surface area contributed by atoms with Crippen molar-refractivity contribution in [3.05, 3.63) is 47.8 Å². The van der Waals surface area contributed by atoms with E-state index in [2.05, 4.69) is 48.4 Å². The molecule has 3 fully saturated rings. The molecule has 3 aliphatic carbocycles. The fourth-order valence-corrected chi connectivity index (χ4v) is 7.92. The van der Waals surface area contributed by atoms with Crippen LogP contribution in [-0.4, -0.2) is 47.1 Å². The van der Waals surface area contributed by atoms with Crippen molar-refractivity contribution in [2.75, 3.05) is 19.4 Å². The molecule has 5 aliphatic rings. The third-order valence-corrected chi connectivity index (χ3v) is 9.63. The van der Waals surface area contributed by atoms with Gasteiger partial charge in [0.05, 0.1) is 23.1 Å². The number of ether oxygens (including phenoxy) is 1. The van der Waals surface area contributed by atoms with Crippen LogP contribution in [0.1, 0.15) is 58.3 Å². The summed E-state index contributed by atoms with van der Waals surface area (Å²) in [5, 5.41) is 3.14. The first-order valence-electron chi connectivity index (χ1n) is 12.4. The lowest BCUT2D eigenvalue weighted by Crippen LogP contribution is -2.55. The Kier molecular flexibility index (Phi) is 4.51. The summed E-state index contributed by atoms with van der Waals surface area (Å²) in [5.41, 5.74) is 3.38. The summed E-state index contributed by atoms with van der Waals surface area (Å²) >= 11 is 0. The highest BCUT2D eigenvalue weighted by Gasteiger charge is 2.67. The number of fused-ring (bicyclic) bond motifs is 1. The van der Waals surface area contributed by atoms with Gasteiger partial charge in [-0.3, -0.25) is 9.78 Å². The number of hydrogen-bond acceptors (Lipinski definition) is 4. The topological polar surface area (TPSA) is 54.5 Å². The van der Waals surface area contributed by atoms with E-state index >= 15 is 0 Å². The van der Waals surface area contributed by atoms with Crippen LogP contribution in [-0.2, 0) is 9.53 Å². The van der Waals surface area contributed by atoms with E-state index in [0.29, 0.717) is 12.0 Å². The van der Waals surface area contributed by atoms with E-state index in [4.69, 9.17) is 4.74 Å². The van der Waals surface area contributed by atoms with Crippen LogP contribution < -0.4 is 5.32 Å². The van der Waals surface area contributed by atoms with Crippen LogP contribution >= 0.6 is 0 Å². The molecule has 2 aliphatic heterocycles. The second-order valence-electron chi connectivity index (χ2n) is 11.3. The molecule has 6 atom stereocenters. The van der Waals surface area contributed by atoms with Crippen LogP contribution in [0.2, 0.25) is 0 Å². The van der Waals surface area contributed by atoms with Crippen LogP contribution in [0.5, 0.6) is 0 Å². The molecule has 1 aromatic heterocycles. The molecule has 0 radical (unpaired) electrons. The first-order valence-corrected chi connectivity index (χ1v) is 12.4. The Morgan fingerprint density at radius 1 is 1.25 bits per heavy atom. The molecule has 3 heterocycles. The SMILES string of the molecule is CN(C)C1CCC2=CC3=CCC4(C)C(C(=O)Nc5cccnc5)CCC4C34CCC2(C1)O4. The molecule has 1 saturated heterocycles. The van der Waals surface area contributed by atoms with E-state index in [1.54, 1.807) is 12.4 Å². The van der Waals surface area contributed by atoms with Crippen LogP contribution in [0.3, 0.4) is 0 Å². The van der Waals surface area contributed by atoms with Crippen LogP contribution in [0.15, 0.2) is 47.8 Å². The highest BCUT2D eigenvalue weighted by Crippen LogP contribution is 2.67. The lowest BCUT2D eigenvalue weighted by molar-refractivity contribution is -0.146. The van der Waals surface area contributed by atoms with Crippen molar-refractivity contribution < 1.29 is 9.53 Å². The zero-order valence-corrected chi connectivity index (χ0v) is 19.6. The average molecular weight is 434 g/mol. The van der Waals surface area contributed by atoms with E-state index in [1.165, 1.54) is 17.6 Å². The maximum atomic E-state index is 13.4. The van der Waals surface area contributed by atoms with Gasteiger partial charge in [0, 0.05) is 18.2 Å². The third-order valence-electron chi connectivity index (χ3n) is 9.63. The molecule has 2 bridgehead atoms. The van der Waals surface area contributed by atoms with Crippen molar-refractivity contribution in [1.82, 2.24) is 9.88 Å². The largest absolute Gasteiger partial charge is 0.359 e. The molecule has 170 valence electrons. The molecule has 0 aromatic carbocycles. The molecule has 32 heavy (non-hydrogen) atoms. The van der Waals surface area contributed by atoms with Crippen molar-refractivity contribution in [2.24, 2.45) is 17.3 Å². The fraction of sp³-hybridized carbons (Fsp3) is 0.630. The van der Waals surface area contributed by atoms with Crippen LogP contribution in [0.25, 0.3) is 0 Å². The number of nitrogens with zero attached hydrogens (tertiary/aromatic N) is 2. The first kappa shape index (κ1) is 20.6. The maximum Gasteiger partial charge on any atom is 0.228 e. The highest BCUT2D eigenvalue weighted by atomic mass is 16.5. The Morgan fingerprint density at radius 3 is 2.91 bits per heavy atom. The van der Waals surface area contributed by atoms with Gasteiger partial charge in [-0.05, 0) is 100 Å². The summed E-state index contributed by atoms with van der Waals surface area (Å²) in [5.74, 6) is 0.546. The molecule has 6 unspecified atom stereocenters. The summed E-state index contributed by atoms with van der Waals surface area (Å²) in [7, 11) is 4.41. The Balaban J connectivity index is 1.31. The van der Waals surface area contributed by atoms with E-state index in [1.807, 2.05) is 12.1 Å². The predicted octanol–water partition coefficient (Wildman–Crippen LogP) is 4.72. The fourth-order valence-electron chi connectivity index (χ4n) is 7.92. The van der Waals surface area contributed by atoms with Crippen molar-refractivity contribution in [3.8, 4) is 0 Å². The van der Waals surface area contributed by atoms with Crippen molar-refractivity contribution in [2.45, 2.75) is 75.5 Å². The minimum absolute atomic E-state index is 0.00582. The molecule has 6 rings (SSSR count). The number of carbonyl (C=O) groups is 1. The Bertz CT molecular complexity index is 1000. The first-order chi connectivity index (χ1) is 15.4. The smallest absolute Gasteiger partial charge is 0.228 e. The summed E-state index contributed by atoms with van der Waals surface area (Å²) in [6, 6.07) is 4.37. The van der Waals surface area contributed by atoms with Gasteiger partial charge in [0.25, 0.3) is 0 Å². The Hall–Kier alpha value is -1.98. The second kappa shape index (κ2) is 7.01. The van der Waals surface area contributed by atoms with Gasteiger partial charge < -0.3 is 15.0 Å². The Labute approximate surface area is 191 Å². The molecular weight excluding hydrogens is 398 g/mol. The van der Waals surface area contributed by atoms with Crippen molar-refractivity contribution >= 4 is 11.6 Å². The molecular formula is C27H35N3O2. The number of anilines is 1. The molecule has 5 heteroatoms. The minimum Gasteiger partial charge on any atom is -0.359 e. The quantitative estimate of drug-likeness (QED) is 0.749. The van der Waals surface area contributed by atoms with Crippen LogP contribution in [0.4, 0.5) is 5.69 Å². The second-order valence-corrected chi connectivity index (χ2v) is 11.3. The van der Waals surface area contributed by atoms with E-state index in [-0.39, 0.29) is 28.4 Å². The number of carbonyl (C=O) groups excluding carboxylic acids is 1. The minimum atomic E-state index is -0.200. The van der Waals surface area contributed by atoms with Gasteiger partial charge in [-0.2, -0.15) is 0 Å². The van der Waals surface area contributed by atoms with Gasteiger partial charge in [-0.1, -0.05) is 19.1 Å². The third kappa shape index (κ3) is 2.76. The lowest BCUT2D eigenvalue weighted by Gasteiger charge is -2.54. The standard InChI is InChI=1S/C27H35N3O2/c1-25-11-10-19-15-18-6-7-21(30(2)3)16-26(18)12-13-27(19,32-26)23(25)9-8-22(25)24(31)29-20-5-4-14-28-17-20/h4-5,10,14-15,17,21-23H,6-9,11-13,16H2,1-3H3,(H,29,31). The molecule has 1 amide bonds. The summed E-state index contributed by atoms with van der Waals surface area (Å²) in [6.45, 7) is 2.34. The number of rotatable bonds is 3. The van der Waals surface area contributed by atoms with Crippen LogP contribution in [0, 0.1) is 17.3 Å². The zero-order valence-electron chi connectivity index (χ0n) is 19.6. The Morgan fingerprint density at radius 2 is 2.12 bits per heavy atom. The molecule has 2 spiro atoms. The number of aromatic nitrogens is 1. The zero-order chi connectivity index (χ0) is 22.1. The molecule has 1 N–H and O–H groups in total. The van der Waals surface area contributed by atoms with Gasteiger partial charge in [0.1, 0.15) is 0 Å². The van der Waals surface area contributed by atoms with E-state index in [9.17, 15) is 4.79 Å². The van der Waals surface area contributed by atoms with Gasteiger partial charge >= 0.3 is 0 Å². The maximum absolute atomic E-state index is 13.4. The van der Waals surface area contributed by atoms with Gasteiger partial charge in [0.2, 0.25) is 5.91 Å². The monoisotopic (exact) mass is 433 g/mol. The van der Waals surface area contributed by atoms with Gasteiger partial charge in [-0.15, -0.1) is 0 Å². The van der Waals surface area contributed by atoms with Crippen molar-refractivity contribution in [3.63, 3.8) is 0 Å². The molecule has 1 aromatic rings. The summed E-state index contributed by atoms with van der Waals surface area (Å²) < 4.78 is 7.28. The molecule has 2 saturated carbocycles. The summed E-state index contributed by atoms with van der Waals surface area (Å²) in [4.78, 5) is 19.9. The number of allylic oxidation sites excluding steroid dienone is 1. The predicted molar refractivity (Wildman–Crippen MR) is 125 cm³/mol. The van der Waals surface area contributed by atoms with Gasteiger partial charge in [-0.25, -0.2) is 0 Å². The highest BCUT2D eigenvalue weighted by molar-refractivity contribution is 5.93. The number of pyridine rings is 1. The van der Waals surface area contributed by atoms with E-state index in [0.717, 1.165) is 50.6 Å². The van der Waals surface area contributed by atoms with E-state index < -0.39 is 0 Å². The molecule has 5 nitrogen and oxygen atoms in total. The van der Waals surface area contributed by atoms with Gasteiger partial charge in [0.15, 0.2) is 0 Å². The lowest BCUT2D eigenvalue weighted by atomic mass is 9.58. The number of hydrogen-bond donors (Lipinski definition) is 1. The normalized spacial score (nSPS) is 41.9. The average Bonchev–Trinajstić information content (AvgIpc) is 3.29. The number of nitrogens with one attached hydrogen (secondary N) is 1. The summed E-state index contributed by atoms with van der Waals surface area (Å²) in [6.07, 6.45) is 17.1.